The van der Waals surface area contributed by atoms with Gasteiger partial charge in [-0.2, -0.15) is 5.26 Å². The standard InChI is InChI=1S/C13H11N3OS/c1-17-11-4-2-3-10(9-11)12-5-6-13(16-15-12)18-8-7-14/h2-6,9H,8H2,1H3. The zero-order valence-electron chi connectivity index (χ0n) is 9.83. The molecular weight excluding hydrogens is 246 g/mol. The predicted octanol–water partition coefficient (Wildman–Crippen LogP) is 2.77. The lowest BCUT2D eigenvalue weighted by Gasteiger charge is -2.03. The zero-order valence-corrected chi connectivity index (χ0v) is 10.6. The summed E-state index contributed by atoms with van der Waals surface area (Å²) in [7, 11) is 1.63. The Bertz CT molecular complexity index is 563. The van der Waals surface area contributed by atoms with Crippen LogP contribution in [0.1, 0.15) is 0 Å². The van der Waals surface area contributed by atoms with Gasteiger partial charge < -0.3 is 4.74 Å². The van der Waals surface area contributed by atoms with Crippen LogP contribution < -0.4 is 4.74 Å². The first-order valence-corrected chi connectivity index (χ1v) is 6.30. The molecule has 0 N–H and O–H groups in total. The van der Waals surface area contributed by atoms with Gasteiger partial charge in [-0.1, -0.05) is 23.9 Å². The number of nitrogens with zero attached hydrogens (tertiary/aromatic N) is 3. The number of benzene rings is 1. The van der Waals surface area contributed by atoms with E-state index in [0.29, 0.717) is 5.75 Å². The second-order valence-electron chi connectivity index (χ2n) is 3.44. The highest BCUT2D eigenvalue weighted by Crippen LogP contribution is 2.23. The van der Waals surface area contributed by atoms with Crippen molar-refractivity contribution in [2.75, 3.05) is 12.9 Å². The van der Waals surface area contributed by atoms with Crippen molar-refractivity contribution >= 4 is 11.8 Å². The van der Waals surface area contributed by atoms with E-state index in [9.17, 15) is 0 Å². The van der Waals surface area contributed by atoms with Crippen molar-refractivity contribution in [1.82, 2.24) is 10.2 Å². The Morgan fingerprint density at radius 1 is 1.28 bits per heavy atom. The summed E-state index contributed by atoms with van der Waals surface area (Å²) in [5, 5.41) is 17.4. The molecule has 4 nitrogen and oxygen atoms in total. The third-order valence-corrected chi connectivity index (χ3v) is 3.08. The Labute approximate surface area is 110 Å². The normalized spacial score (nSPS) is 9.78. The average molecular weight is 257 g/mol. The van der Waals surface area contributed by atoms with Crippen molar-refractivity contribution in [3.63, 3.8) is 0 Å². The minimum atomic E-state index is 0.382. The second kappa shape index (κ2) is 6.03. The second-order valence-corrected chi connectivity index (χ2v) is 4.43. The molecule has 0 radical (unpaired) electrons. The van der Waals surface area contributed by atoms with E-state index in [2.05, 4.69) is 16.3 Å². The highest BCUT2D eigenvalue weighted by atomic mass is 32.2. The molecule has 0 atom stereocenters. The molecule has 1 heterocycles. The van der Waals surface area contributed by atoms with Crippen molar-refractivity contribution in [3.05, 3.63) is 36.4 Å². The minimum Gasteiger partial charge on any atom is -0.497 e. The third-order valence-electron chi connectivity index (χ3n) is 2.29. The van der Waals surface area contributed by atoms with Crippen molar-refractivity contribution in [2.24, 2.45) is 0 Å². The first-order valence-electron chi connectivity index (χ1n) is 5.31. The van der Waals surface area contributed by atoms with Gasteiger partial charge in [0.05, 0.1) is 24.6 Å². The van der Waals surface area contributed by atoms with Gasteiger partial charge in [0.25, 0.3) is 0 Å². The number of hydrogen-bond acceptors (Lipinski definition) is 5. The average Bonchev–Trinajstić information content (AvgIpc) is 2.46. The van der Waals surface area contributed by atoms with Crippen molar-refractivity contribution in [3.8, 4) is 23.1 Å². The Kier molecular flexibility index (Phi) is 4.15. The van der Waals surface area contributed by atoms with Gasteiger partial charge in [-0.15, -0.1) is 10.2 Å². The molecule has 2 aromatic rings. The summed E-state index contributed by atoms with van der Waals surface area (Å²) < 4.78 is 5.16. The highest BCUT2D eigenvalue weighted by molar-refractivity contribution is 7.99. The molecule has 0 saturated carbocycles. The SMILES string of the molecule is COc1cccc(-c2ccc(SCC#N)nn2)c1. The van der Waals surface area contributed by atoms with Crippen molar-refractivity contribution in [2.45, 2.75) is 5.03 Å². The molecule has 1 aromatic heterocycles. The Hall–Kier alpha value is -2.06. The van der Waals surface area contributed by atoms with Crippen LogP contribution in [0, 0.1) is 11.3 Å². The molecule has 0 aliphatic carbocycles. The van der Waals surface area contributed by atoms with E-state index in [1.54, 1.807) is 7.11 Å². The quantitative estimate of drug-likeness (QED) is 0.788. The summed E-state index contributed by atoms with van der Waals surface area (Å²) in [6, 6.07) is 13.5. The van der Waals surface area contributed by atoms with Crippen LogP contribution in [0.15, 0.2) is 41.4 Å². The summed E-state index contributed by atoms with van der Waals surface area (Å²) in [4.78, 5) is 0. The van der Waals surface area contributed by atoms with E-state index in [4.69, 9.17) is 10.00 Å². The van der Waals surface area contributed by atoms with Gasteiger partial charge in [-0.25, -0.2) is 0 Å². The van der Waals surface area contributed by atoms with Crippen LogP contribution in [-0.4, -0.2) is 23.1 Å². The summed E-state index contributed by atoms with van der Waals surface area (Å²) in [5.74, 6) is 1.17. The molecule has 1 aromatic carbocycles. The minimum absolute atomic E-state index is 0.382. The van der Waals surface area contributed by atoms with E-state index in [1.165, 1.54) is 11.8 Å². The fourth-order valence-electron chi connectivity index (χ4n) is 1.44. The number of hydrogen-bond donors (Lipinski definition) is 0. The number of aromatic nitrogens is 2. The van der Waals surface area contributed by atoms with Crippen LogP contribution in [0.25, 0.3) is 11.3 Å². The van der Waals surface area contributed by atoms with Crippen LogP contribution in [0.5, 0.6) is 5.75 Å². The topological polar surface area (TPSA) is 58.8 Å². The Morgan fingerprint density at radius 3 is 2.83 bits per heavy atom. The lowest BCUT2D eigenvalue weighted by Crippen LogP contribution is -1.90. The monoisotopic (exact) mass is 257 g/mol. The number of ether oxygens (including phenoxy) is 1. The summed E-state index contributed by atoms with van der Waals surface area (Å²) in [6.45, 7) is 0. The first-order chi connectivity index (χ1) is 8.83. The molecule has 0 aliphatic rings. The lowest BCUT2D eigenvalue weighted by molar-refractivity contribution is 0.415. The zero-order chi connectivity index (χ0) is 12.8. The van der Waals surface area contributed by atoms with Gasteiger partial charge >= 0.3 is 0 Å². The molecular formula is C13H11N3OS. The van der Waals surface area contributed by atoms with Crippen molar-refractivity contribution in [1.29, 1.82) is 5.26 Å². The van der Waals surface area contributed by atoms with E-state index < -0.39 is 0 Å². The fraction of sp³-hybridized carbons (Fsp3) is 0.154. The molecule has 0 aliphatic heterocycles. The maximum absolute atomic E-state index is 8.48. The maximum atomic E-state index is 8.48. The molecule has 90 valence electrons. The van der Waals surface area contributed by atoms with Gasteiger partial charge in [-0.05, 0) is 24.3 Å². The van der Waals surface area contributed by atoms with Gasteiger partial charge in [0.1, 0.15) is 10.8 Å². The summed E-state index contributed by atoms with van der Waals surface area (Å²) in [5.41, 5.74) is 1.74. The summed E-state index contributed by atoms with van der Waals surface area (Å²) in [6.07, 6.45) is 0. The maximum Gasteiger partial charge on any atom is 0.120 e. The van der Waals surface area contributed by atoms with E-state index in [1.807, 2.05) is 36.4 Å². The number of nitriles is 1. The first kappa shape index (κ1) is 12.4. The summed E-state index contributed by atoms with van der Waals surface area (Å²) >= 11 is 1.37. The van der Waals surface area contributed by atoms with E-state index >= 15 is 0 Å². The molecule has 0 amide bonds. The van der Waals surface area contributed by atoms with Gasteiger partial charge in [-0.3, -0.25) is 0 Å². The van der Waals surface area contributed by atoms with Crippen LogP contribution in [-0.2, 0) is 0 Å². The van der Waals surface area contributed by atoms with Crippen LogP contribution in [0.2, 0.25) is 0 Å². The van der Waals surface area contributed by atoms with Crippen LogP contribution >= 0.6 is 11.8 Å². The van der Waals surface area contributed by atoms with E-state index in [0.717, 1.165) is 22.0 Å². The predicted molar refractivity (Wildman–Crippen MR) is 70.4 cm³/mol. The number of rotatable bonds is 4. The molecule has 5 heteroatoms. The highest BCUT2D eigenvalue weighted by Gasteiger charge is 2.02. The van der Waals surface area contributed by atoms with Gasteiger partial charge in [0.15, 0.2) is 0 Å². The molecule has 0 fully saturated rings. The van der Waals surface area contributed by atoms with Gasteiger partial charge in [0, 0.05) is 5.56 Å². The van der Waals surface area contributed by atoms with Crippen LogP contribution in [0.3, 0.4) is 0 Å². The van der Waals surface area contributed by atoms with Crippen molar-refractivity contribution < 1.29 is 4.74 Å². The third kappa shape index (κ3) is 2.99. The molecule has 18 heavy (non-hydrogen) atoms. The van der Waals surface area contributed by atoms with Crippen LogP contribution in [0.4, 0.5) is 0 Å². The largest absolute Gasteiger partial charge is 0.497 e. The molecule has 0 saturated heterocycles. The molecule has 2 rings (SSSR count). The van der Waals surface area contributed by atoms with Gasteiger partial charge in [0.2, 0.25) is 0 Å². The molecule has 0 spiro atoms. The fourth-order valence-corrected chi connectivity index (χ4v) is 1.91. The smallest absolute Gasteiger partial charge is 0.120 e. The molecule has 0 bridgehead atoms. The molecule has 0 unspecified atom stereocenters. The lowest BCUT2D eigenvalue weighted by atomic mass is 10.1. The number of thioether (sulfide) groups is 1. The Balaban J connectivity index is 2.20. The van der Waals surface area contributed by atoms with E-state index in [-0.39, 0.29) is 0 Å². The number of methoxy groups -OCH3 is 1. The Morgan fingerprint density at radius 2 is 2.17 bits per heavy atom.